The zero-order valence-electron chi connectivity index (χ0n) is 21.7. The Morgan fingerprint density at radius 2 is 1.82 bits per heavy atom. The molecule has 0 bridgehead atoms. The van der Waals surface area contributed by atoms with Crippen molar-refractivity contribution in [2.45, 2.75) is 39.7 Å². The Labute approximate surface area is 231 Å². The minimum Gasteiger partial charge on any atom is -0.489 e. The quantitative estimate of drug-likeness (QED) is 0.202. The molecule has 0 saturated carbocycles. The van der Waals surface area contributed by atoms with Crippen LogP contribution in [0.4, 0.5) is 13.2 Å². The molecule has 0 spiro atoms. The number of halogens is 3. The maximum atomic E-state index is 13.0. The molecule has 2 aromatic heterocycles. The van der Waals surface area contributed by atoms with Gasteiger partial charge in [0.15, 0.2) is 0 Å². The summed E-state index contributed by atoms with van der Waals surface area (Å²) in [7, 11) is 0. The first-order chi connectivity index (χ1) is 19.0. The van der Waals surface area contributed by atoms with E-state index in [4.69, 9.17) is 9.26 Å². The maximum absolute atomic E-state index is 13.0. The first kappa shape index (κ1) is 27.3. The molecule has 3 aromatic carbocycles. The van der Waals surface area contributed by atoms with Crippen LogP contribution in [0.1, 0.15) is 46.3 Å². The molecule has 0 aliphatic heterocycles. The molecule has 0 amide bonds. The van der Waals surface area contributed by atoms with Gasteiger partial charge < -0.3 is 19.1 Å². The summed E-state index contributed by atoms with van der Waals surface area (Å²) in [5.74, 6) is -0.344. The van der Waals surface area contributed by atoms with E-state index in [1.807, 2.05) is 57.2 Å². The van der Waals surface area contributed by atoms with Gasteiger partial charge in [-0.1, -0.05) is 49.3 Å². The molecular formula is C30H24F3NO5S. The van der Waals surface area contributed by atoms with E-state index in [0.29, 0.717) is 17.1 Å². The van der Waals surface area contributed by atoms with Crippen molar-refractivity contribution in [2.24, 2.45) is 0 Å². The second kappa shape index (κ2) is 10.7. The molecule has 6 nitrogen and oxygen atoms in total. The van der Waals surface area contributed by atoms with Crippen molar-refractivity contribution in [1.82, 2.24) is 5.16 Å². The van der Waals surface area contributed by atoms with E-state index < -0.39 is 12.3 Å². The number of hydrogen-bond acceptors (Lipinski definition) is 6. The zero-order chi connectivity index (χ0) is 28.6. The number of nitrogens with zero attached hydrogens (tertiary/aromatic N) is 1. The highest BCUT2D eigenvalue weighted by atomic mass is 32.1. The average molecular weight is 568 g/mol. The number of fused-ring (bicyclic) bond motifs is 1. The molecule has 1 N–H and O–H groups in total. The lowest BCUT2D eigenvalue weighted by Gasteiger charge is -2.14. The lowest BCUT2D eigenvalue weighted by molar-refractivity contribution is -0.274. The minimum absolute atomic E-state index is 0.0185. The van der Waals surface area contributed by atoms with Crippen molar-refractivity contribution in [2.75, 3.05) is 0 Å². The third-order valence-electron chi connectivity index (χ3n) is 6.33. The molecule has 5 rings (SSSR count). The second-order valence-corrected chi connectivity index (χ2v) is 10.6. The molecule has 0 saturated heterocycles. The summed E-state index contributed by atoms with van der Waals surface area (Å²) in [5, 5.41) is 14.2. The number of hydrogen-bond donors (Lipinski definition) is 1. The summed E-state index contributed by atoms with van der Waals surface area (Å²) < 4.78 is 55.8. The van der Waals surface area contributed by atoms with Crippen LogP contribution in [-0.2, 0) is 6.61 Å². The second-order valence-electron chi connectivity index (χ2n) is 9.51. The van der Waals surface area contributed by atoms with Crippen LogP contribution in [0.5, 0.6) is 11.5 Å². The zero-order valence-corrected chi connectivity index (χ0v) is 22.5. The Balaban J connectivity index is 1.42. The van der Waals surface area contributed by atoms with Crippen molar-refractivity contribution >= 4 is 27.4 Å². The Morgan fingerprint density at radius 3 is 2.52 bits per heavy atom. The van der Waals surface area contributed by atoms with Crippen LogP contribution >= 0.6 is 11.3 Å². The van der Waals surface area contributed by atoms with Gasteiger partial charge in [0.1, 0.15) is 34.4 Å². The number of aromatic nitrogens is 1. The smallest absolute Gasteiger partial charge is 0.489 e. The molecule has 0 atom stereocenters. The fourth-order valence-corrected chi connectivity index (χ4v) is 5.45. The predicted molar refractivity (Wildman–Crippen MR) is 146 cm³/mol. The van der Waals surface area contributed by atoms with Crippen LogP contribution in [0.3, 0.4) is 0 Å². The maximum Gasteiger partial charge on any atom is 0.573 e. The van der Waals surface area contributed by atoms with Crippen LogP contribution in [0.2, 0.25) is 0 Å². The van der Waals surface area contributed by atoms with Crippen molar-refractivity contribution in [3.05, 3.63) is 88.5 Å². The molecule has 0 radical (unpaired) electrons. The molecule has 0 aliphatic carbocycles. The van der Waals surface area contributed by atoms with Gasteiger partial charge in [0.05, 0.1) is 5.56 Å². The van der Waals surface area contributed by atoms with E-state index in [1.54, 1.807) is 12.1 Å². The minimum atomic E-state index is -4.86. The third-order valence-corrected chi connectivity index (χ3v) is 7.42. The van der Waals surface area contributed by atoms with E-state index in [9.17, 15) is 23.1 Å². The molecule has 5 aromatic rings. The van der Waals surface area contributed by atoms with Gasteiger partial charge in [-0.05, 0) is 65.4 Å². The number of aromatic carboxylic acids is 1. The highest BCUT2D eigenvalue weighted by Gasteiger charge is 2.33. The van der Waals surface area contributed by atoms with Crippen LogP contribution in [0.15, 0.2) is 71.3 Å². The Hall–Kier alpha value is -4.31. The normalized spacial score (nSPS) is 11.8. The summed E-state index contributed by atoms with van der Waals surface area (Å²) in [6.07, 6.45) is -4.86. The SMILES string of the molecule is Cc1cc(OCc2c(-c3ccccc3OC(F)(F)F)noc2C(C)C)ccc1-c1ccc2cc(C(=O)O)sc2c1. The van der Waals surface area contributed by atoms with Crippen molar-refractivity contribution in [3.8, 4) is 33.9 Å². The fraction of sp³-hybridized carbons (Fsp3) is 0.200. The topological polar surface area (TPSA) is 81.8 Å². The van der Waals surface area contributed by atoms with Gasteiger partial charge in [-0.25, -0.2) is 4.79 Å². The van der Waals surface area contributed by atoms with Crippen LogP contribution in [0, 0.1) is 6.92 Å². The van der Waals surface area contributed by atoms with Gasteiger partial charge in [0, 0.05) is 16.2 Å². The molecule has 2 heterocycles. The van der Waals surface area contributed by atoms with Gasteiger partial charge in [0.2, 0.25) is 0 Å². The van der Waals surface area contributed by atoms with Gasteiger partial charge in [-0.2, -0.15) is 0 Å². The summed E-state index contributed by atoms with van der Waals surface area (Å²) in [5.41, 5.74) is 3.75. The Bertz CT molecular complexity index is 1700. The number of rotatable bonds is 8. The van der Waals surface area contributed by atoms with Crippen molar-refractivity contribution in [1.29, 1.82) is 0 Å². The average Bonchev–Trinajstić information content (AvgIpc) is 3.51. The van der Waals surface area contributed by atoms with E-state index in [2.05, 4.69) is 9.89 Å². The molecule has 0 unspecified atom stereocenters. The van der Waals surface area contributed by atoms with Gasteiger partial charge in [0.25, 0.3) is 0 Å². The molecule has 0 aliphatic rings. The number of ether oxygens (including phenoxy) is 2. The number of carboxylic acids is 1. The number of carboxylic acid groups (broad SMARTS) is 1. The number of para-hydroxylation sites is 1. The third kappa shape index (κ3) is 5.67. The van der Waals surface area contributed by atoms with Gasteiger partial charge in [-0.3, -0.25) is 0 Å². The van der Waals surface area contributed by atoms with E-state index >= 15 is 0 Å². The highest BCUT2D eigenvalue weighted by molar-refractivity contribution is 7.20. The van der Waals surface area contributed by atoms with E-state index in [1.165, 1.54) is 29.5 Å². The lowest BCUT2D eigenvalue weighted by Crippen LogP contribution is -2.17. The molecule has 10 heteroatoms. The fourth-order valence-electron chi connectivity index (χ4n) is 4.51. The monoisotopic (exact) mass is 567 g/mol. The number of benzene rings is 3. The van der Waals surface area contributed by atoms with E-state index in [-0.39, 0.29) is 34.4 Å². The highest BCUT2D eigenvalue weighted by Crippen LogP contribution is 2.38. The summed E-state index contributed by atoms with van der Waals surface area (Å²) in [6.45, 7) is 5.76. The molecular weight excluding hydrogens is 543 g/mol. The number of aryl methyl sites for hydroxylation is 1. The first-order valence-electron chi connectivity index (χ1n) is 12.3. The van der Waals surface area contributed by atoms with Crippen molar-refractivity contribution in [3.63, 3.8) is 0 Å². The number of alkyl halides is 3. The lowest BCUT2D eigenvalue weighted by atomic mass is 9.99. The largest absolute Gasteiger partial charge is 0.573 e. The number of carbonyl (C=O) groups is 1. The molecule has 0 fully saturated rings. The Morgan fingerprint density at radius 1 is 1.05 bits per heavy atom. The van der Waals surface area contributed by atoms with Crippen LogP contribution in [0.25, 0.3) is 32.5 Å². The van der Waals surface area contributed by atoms with Gasteiger partial charge in [-0.15, -0.1) is 24.5 Å². The standard InChI is InChI=1S/C30H24F3NO5S/c1-16(2)28-23(27(34-39-28)22-6-4-5-7-24(22)38-30(31,32)33)15-37-20-10-11-21(17(3)12-20)18-8-9-19-14-26(29(35)36)40-25(19)13-18/h4-14,16H,15H2,1-3H3,(H,35,36). The Kier molecular flexibility index (Phi) is 7.29. The van der Waals surface area contributed by atoms with Crippen LogP contribution in [-0.4, -0.2) is 22.6 Å². The van der Waals surface area contributed by atoms with E-state index in [0.717, 1.165) is 26.8 Å². The van der Waals surface area contributed by atoms with Crippen LogP contribution < -0.4 is 9.47 Å². The first-order valence-corrected chi connectivity index (χ1v) is 13.2. The summed E-state index contributed by atoms with van der Waals surface area (Å²) in [6, 6.07) is 18.9. The van der Waals surface area contributed by atoms with Gasteiger partial charge >= 0.3 is 12.3 Å². The van der Waals surface area contributed by atoms with Crippen molar-refractivity contribution < 1.29 is 37.1 Å². The number of thiophene rings is 1. The summed E-state index contributed by atoms with van der Waals surface area (Å²) >= 11 is 1.23. The molecule has 40 heavy (non-hydrogen) atoms. The molecule has 206 valence electrons. The predicted octanol–water partition coefficient (Wildman–Crippen LogP) is 8.83. The summed E-state index contributed by atoms with van der Waals surface area (Å²) in [4.78, 5) is 11.6.